The second-order valence-corrected chi connectivity index (χ2v) is 6.03. The van der Waals surface area contributed by atoms with Gasteiger partial charge < -0.3 is 19.7 Å². The lowest BCUT2D eigenvalue weighted by molar-refractivity contribution is 0.152. The highest BCUT2D eigenvalue weighted by Crippen LogP contribution is 2.30. The number of ether oxygens (including phenoxy) is 2. The van der Waals surface area contributed by atoms with Crippen LogP contribution in [0.2, 0.25) is 0 Å². The summed E-state index contributed by atoms with van der Waals surface area (Å²) >= 11 is 0. The van der Waals surface area contributed by atoms with Gasteiger partial charge in [0.1, 0.15) is 5.75 Å². The van der Waals surface area contributed by atoms with Crippen molar-refractivity contribution < 1.29 is 9.47 Å². The third-order valence-electron chi connectivity index (χ3n) is 4.20. The number of nitrogens with zero attached hydrogens (tertiary/aromatic N) is 1. The molecular formula is C17H28N2O2. The maximum absolute atomic E-state index is 5.68. The summed E-state index contributed by atoms with van der Waals surface area (Å²) in [6.45, 7) is 7.05. The summed E-state index contributed by atoms with van der Waals surface area (Å²) in [5, 5.41) is 3.57. The summed E-state index contributed by atoms with van der Waals surface area (Å²) in [4.78, 5) is 2.32. The van der Waals surface area contributed by atoms with Crippen LogP contribution >= 0.6 is 0 Å². The number of rotatable bonds is 8. The van der Waals surface area contributed by atoms with E-state index in [0.29, 0.717) is 0 Å². The first-order valence-corrected chi connectivity index (χ1v) is 7.83. The molecule has 1 aromatic carbocycles. The van der Waals surface area contributed by atoms with E-state index in [4.69, 9.17) is 9.47 Å². The molecule has 1 aliphatic rings. The van der Waals surface area contributed by atoms with Crippen molar-refractivity contribution in [1.29, 1.82) is 0 Å². The van der Waals surface area contributed by atoms with Gasteiger partial charge in [0.05, 0.1) is 13.7 Å². The van der Waals surface area contributed by atoms with Gasteiger partial charge in [0.25, 0.3) is 0 Å². The number of benzene rings is 1. The first kappa shape index (κ1) is 16.1. The first-order chi connectivity index (χ1) is 10.2. The standard InChI is InChI=1S/C17H28N2O2/c1-4-10-18-12-17(9-11-21-14-17)13-19(2)15-5-7-16(20-3)8-6-15/h5-8,18H,4,9-14H2,1-3H3. The van der Waals surface area contributed by atoms with Crippen molar-refractivity contribution in [1.82, 2.24) is 5.32 Å². The summed E-state index contributed by atoms with van der Waals surface area (Å²) in [6, 6.07) is 8.25. The predicted octanol–water partition coefficient (Wildman–Crippen LogP) is 2.54. The quantitative estimate of drug-likeness (QED) is 0.747. The number of hydrogen-bond acceptors (Lipinski definition) is 4. The van der Waals surface area contributed by atoms with Crippen molar-refractivity contribution in [2.24, 2.45) is 5.41 Å². The molecule has 1 unspecified atom stereocenters. The Morgan fingerprint density at radius 2 is 2.10 bits per heavy atom. The first-order valence-electron chi connectivity index (χ1n) is 7.83. The van der Waals surface area contributed by atoms with Crippen molar-refractivity contribution in [3.05, 3.63) is 24.3 Å². The molecule has 1 N–H and O–H groups in total. The Labute approximate surface area is 128 Å². The minimum atomic E-state index is 0.226. The minimum Gasteiger partial charge on any atom is -0.497 e. The van der Waals surface area contributed by atoms with Crippen molar-refractivity contribution in [3.63, 3.8) is 0 Å². The minimum absolute atomic E-state index is 0.226. The Morgan fingerprint density at radius 1 is 1.33 bits per heavy atom. The summed E-state index contributed by atoms with van der Waals surface area (Å²) in [5.74, 6) is 0.899. The van der Waals surface area contributed by atoms with Gasteiger partial charge in [-0.05, 0) is 43.7 Å². The van der Waals surface area contributed by atoms with Gasteiger partial charge >= 0.3 is 0 Å². The summed E-state index contributed by atoms with van der Waals surface area (Å²) in [6.07, 6.45) is 2.30. The van der Waals surface area contributed by atoms with Crippen LogP contribution in [0.3, 0.4) is 0 Å². The number of anilines is 1. The Balaban J connectivity index is 1.98. The van der Waals surface area contributed by atoms with Gasteiger partial charge in [0.15, 0.2) is 0 Å². The van der Waals surface area contributed by atoms with Gasteiger partial charge in [0, 0.05) is 37.8 Å². The fraction of sp³-hybridized carbons (Fsp3) is 0.647. The zero-order valence-corrected chi connectivity index (χ0v) is 13.5. The molecule has 4 heteroatoms. The molecule has 1 heterocycles. The lowest BCUT2D eigenvalue weighted by Crippen LogP contribution is -2.44. The highest BCUT2D eigenvalue weighted by atomic mass is 16.5. The van der Waals surface area contributed by atoms with Gasteiger partial charge in [-0.2, -0.15) is 0 Å². The van der Waals surface area contributed by atoms with Crippen molar-refractivity contribution in [2.75, 3.05) is 51.9 Å². The van der Waals surface area contributed by atoms with E-state index in [1.807, 2.05) is 12.1 Å². The van der Waals surface area contributed by atoms with E-state index in [0.717, 1.165) is 45.0 Å². The van der Waals surface area contributed by atoms with Crippen LogP contribution in [0.1, 0.15) is 19.8 Å². The summed E-state index contributed by atoms with van der Waals surface area (Å²) in [7, 11) is 3.85. The second kappa shape index (κ2) is 7.66. The van der Waals surface area contributed by atoms with Crippen LogP contribution in [0.25, 0.3) is 0 Å². The lowest BCUT2D eigenvalue weighted by Gasteiger charge is -2.33. The molecule has 2 rings (SSSR count). The van der Waals surface area contributed by atoms with E-state index < -0.39 is 0 Å². The number of methoxy groups -OCH3 is 1. The Kier molecular flexibility index (Phi) is 5.88. The fourth-order valence-electron chi connectivity index (χ4n) is 2.93. The molecule has 1 aromatic rings. The van der Waals surface area contributed by atoms with Crippen LogP contribution in [0, 0.1) is 5.41 Å². The molecule has 21 heavy (non-hydrogen) atoms. The lowest BCUT2D eigenvalue weighted by atomic mass is 9.86. The van der Waals surface area contributed by atoms with Gasteiger partial charge in [0.2, 0.25) is 0 Å². The highest BCUT2D eigenvalue weighted by Gasteiger charge is 2.35. The summed E-state index contributed by atoms with van der Waals surface area (Å²) in [5.41, 5.74) is 1.45. The molecule has 1 saturated heterocycles. The van der Waals surface area contributed by atoms with Gasteiger partial charge in [-0.25, -0.2) is 0 Å². The molecule has 1 fully saturated rings. The molecule has 0 amide bonds. The Morgan fingerprint density at radius 3 is 2.67 bits per heavy atom. The monoisotopic (exact) mass is 292 g/mol. The maximum Gasteiger partial charge on any atom is 0.119 e. The van der Waals surface area contributed by atoms with E-state index in [1.54, 1.807) is 7.11 Å². The molecule has 4 nitrogen and oxygen atoms in total. The molecule has 0 saturated carbocycles. The molecule has 0 spiro atoms. The number of hydrogen-bond donors (Lipinski definition) is 1. The molecule has 0 aromatic heterocycles. The van der Waals surface area contributed by atoms with Crippen LogP contribution in [-0.2, 0) is 4.74 Å². The fourth-order valence-corrected chi connectivity index (χ4v) is 2.93. The molecule has 0 bridgehead atoms. The highest BCUT2D eigenvalue weighted by molar-refractivity contribution is 5.48. The van der Waals surface area contributed by atoms with Crippen LogP contribution in [0.15, 0.2) is 24.3 Å². The van der Waals surface area contributed by atoms with E-state index >= 15 is 0 Å². The number of nitrogens with one attached hydrogen (secondary N) is 1. The van der Waals surface area contributed by atoms with Crippen LogP contribution in [0.4, 0.5) is 5.69 Å². The van der Waals surface area contributed by atoms with E-state index in [9.17, 15) is 0 Å². The smallest absolute Gasteiger partial charge is 0.119 e. The second-order valence-electron chi connectivity index (χ2n) is 6.03. The Hall–Kier alpha value is -1.26. The Bertz CT molecular complexity index is 413. The SMILES string of the molecule is CCCNCC1(CN(C)c2ccc(OC)cc2)CCOC1. The average molecular weight is 292 g/mol. The molecule has 1 aliphatic heterocycles. The zero-order valence-electron chi connectivity index (χ0n) is 13.5. The maximum atomic E-state index is 5.68. The van der Waals surface area contributed by atoms with E-state index in [1.165, 1.54) is 12.1 Å². The van der Waals surface area contributed by atoms with Gasteiger partial charge in [-0.1, -0.05) is 6.92 Å². The normalized spacial score (nSPS) is 21.5. The third kappa shape index (κ3) is 4.35. The molecular weight excluding hydrogens is 264 g/mol. The van der Waals surface area contributed by atoms with Crippen LogP contribution in [0.5, 0.6) is 5.75 Å². The third-order valence-corrected chi connectivity index (χ3v) is 4.20. The van der Waals surface area contributed by atoms with Crippen LogP contribution in [-0.4, -0.2) is 47.0 Å². The van der Waals surface area contributed by atoms with E-state index in [-0.39, 0.29) is 5.41 Å². The van der Waals surface area contributed by atoms with Gasteiger partial charge in [-0.3, -0.25) is 0 Å². The molecule has 0 radical (unpaired) electrons. The van der Waals surface area contributed by atoms with Crippen molar-refractivity contribution in [3.8, 4) is 5.75 Å². The van der Waals surface area contributed by atoms with Gasteiger partial charge in [-0.15, -0.1) is 0 Å². The topological polar surface area (TPSA) is 33.7 Å². The largest absolute Gasteiger partial charge is 0.497 e. The molecule has 1 atom stereocenters. The summed E-state index contributed by atoms with van der Waals surface area (Å²) < 4.78 is 10.9. The molecule has 118 valence electrons. The van der Waals surface area contributed by atoms with Crippen LogP contribution < -0.4 is 15.0 Å². The van der Waals surface area contributed by atoms with Crippen molar-refractivity contribution >= 4 is 5.69 Å². The van der Waals surface area contributed by atoms with E-state index in [2.05, 4.69) is 36.3 Å². The average Bonchev–Trinajstić information content (AvgIpc) is 2.96. The zero-order chi connectivity index (χ0) is 15.1. The predicted molar refractivity (Wildman–Crippen MR) is 87.3 cm³/mol. The molecule has 0 aliphatic carbocycles. The van der Waals surface area contributed by atoms with Crippen molar-refractivity contribution in [2.45, 2.75) is 19.8 Å².